The summed E-state index contributed by atoms with van der Waals surface area (Å²) in [6.45, 7) is 0.723. The number of benzene rings is 5. The number of hydrogen-bond acceptors (Lipinski definition) is 8. The van der Waals surface area contributed by atoms with Crippen LogP contribution in [0.15, 0.2) is 131 Å². The summed E-state index contributed by atoms with van der Waals surface area (Å²) in [6.07, 6.45) is -0.00675. The highest BCUT2D eigenvalue weighted by Crippen LogP contribution is 2.44. The molecule has 0 bridgehead atoms. The van der Waals surface area contributed by atoms with Gasteiger partial charge in [0.15, 0.2) is 23.1 Å². The first-order chi connectivity index (χ1) is 25.0. The number of rotatable bonds is 15. The first-order valence-electron chi connectivity index (χ1n) is 16.7. The number of amides is 1. The first kappa shape index (κ1) is 35.7. The Morgan fingerprint density at radius 1 is 0.824 bits per heavy atom. The van der Waals surface area contributed by atoms with Gasteiger partial charge in [0.05, 0.1) is 20.8 Å². The number of halogens is 1. The van der Waals surface area contributed by atoms with E-state index in [1.54, 1.807) is 14.2 Å². The van der Waals surface area contributed by atoms with Crippen LogP contribution in [-0.4, -0.2) is 49.9 Å². The van der Waals surface area contributed by atoms with Crippen LogP contribution in [0.1, 0.15) is 34.8 Å². The summed E-state index contributed by atoms with van der Waals surface area (Å²) in [4.78, 5) is 19.9. The lowest BCUT2D eigenvalue weighted by Gasteiger charge is -2.31. The zero-order valence-corrected chi connectivity index (χ0v) is 30.1. The third kappa shape index (κ3) is 8.09. The molecule has 1 heterocycles. The van der Waals surface area contributed by atoms with Gasteiger partial charge in [0.2, 0.25) is 5.90 Å². The van der Waals surface area contributed by atoms with Gasteiger partial charge in [0.1, 0.15) is 5.75 Å². The fraction of sp³-hybridized carbons (Fsp3) is 0.220. The van der Waals surface area contributed by atoms with E-state index in [1.807, 2.05) is 109 Å². The lowest BCUT2D eigenvalue weighted by atomic mass is 9.82. The Balaban J connectivity index is 1.38. The maximum absolute atomic E-state index is 14.7. The minimum absolute atomic E-state index is 0.0556. The fourth-order valence-electron chi connectivity index (χ4n) is 6.12. The lowest BCUT2D eigenvalue weighted by Crippen LogP contribution is -2.53. The van der Waals surface area contributed by atoms with Crippen molar-refractivity contribution in [2.45, 2.75) is 31.0 Å². The molecule has 3 N–H and O–H groups in total. The standard InChI is InChI=1S/C41H40BrN3O6/c1-48-36-15-8-13-33(37(36)49-2)27-43-45-40(47)41(26-32-12-6-7-14-35(32)42)38(30-18-16-29(17-19-30)28-10-4-3-5-11-28)51-39(44-41)31-20-22-34(23-21-31)50-25-9-24-46/h3-8,10-23,38,43,46H,9,24-27H2,1-2H3,(H,45,47)/t38-,41-/m0/s1. The molecule has 0 saturated heterocycles. The predicted molar refractivity (Wildman–Crippen MR) is 201 cm³/mol. The van der Waals surface area contributed by atoms with Crippen LogP contribution in [0.25, 0.3) is 11.1 Å². The molecule has 10 heteroatoms. The van der Waals surface area contributed by atoms with Crippen LogP contribution in [0.3, 0.4) is 0 Å². The van der Waals surface area contributed by atoms with Gasteiger partial charge in [-0.2, -0.15) is 0 Å². The van der Waals surface area contributed by atoms with E-state index in [4.69, 9.17) is 29.0 Å². The average Bonchev–Trinajstić information content (AvgIpc) is 3.56. The summed E-state index contributed by atoms with van der Waals surface area (Å²) in [5, 5.41) is 9.13. The number of aliphatic hydroxyl groups is 1. The summed E-state index contributed by atoms with van der Waals surface area (Å²) < 4.78 is 24.4. The van der Waals surface area contributed by atoms with Crippen LogP contribution in [0, 0.1) is 0 Å². The Bertz CT molecular complexity index is 1950. The van der Waals surface area contributed by atoms with E-state index in [0.717, 1.165) is 32.3 Å². The summed E-state index contributed by atoms with van der Waals surface area (Å²) in [5.41, 5.74) is 9.99. The number of aliphatic hydroxyl groups excluding tert-OH is 1. The van der Waals surface area contributed by atoms with E-state index in [0.29, 0.717) is 41.7 Å². The second-order valence-electron chi connectivity index (χ2n) is 12.0. The van der Waals surface area contributed by atoms with E-state index >= 15 is 0 Å². The second kappa shape index (κ2) is 16.7. The quantitative estimate of drug-likeness (QED) is 0.0767. The van der Waals surface area contributed by atoms with E-state index in [9.17, 15) is 4.79 Å². The van der Waals surface area contributed by atoms with Gasteiger partial charge in [-0.25, -0.2) is 10.4 Å². The van der Waals surface area contributed by atoms with Crippen molar-refractivity contribution in [3.63, 3.8) is 0 Å². The smallest absolute Gasteiger partial charge is 0.266 e. The van der Waals surface area contributed by atoms with Gasteiger partial charge in [-0.3, -0.25) is 10.2 Å². The number of aliphatic imine (C=N–C) groups is 1. The molecule has 262 valence electrons. The van der Waals surface area contributed by atoms with Gasteiger partial charge in [-0.05, 0) is 58.7 Å². The SMILES string of the molecule is COc1cccc(CNNC(=O)[C@@]2(Cc3ccccc3Br)N=C(c3ccc(OCCCO)cc3)O[C@H]2c2ccc(-c3ccccc3)cc2)c1OC. The normalized spacial score (nSPS) is 16.5. The van der Waals surface area contributed by atoms with Crippen molar-refractivity contribution in [3.8, 4) is 28.4 Å². The van der Waals surface area contributed by atoms with Crippen molar-refractivity contribution in [1.29, 1.82) is 0 Å². The van der Waals surface area contributed by atoms with Crippen molar-refractivity contribution in [2.24, 2.45) is 4.99 Å². The Morgan fingerprint density at radius 3 is 2.22 bits per heavy atom. The molecule has 0 spiro atoms. The number of nitrogens with one attached hydrogen (secondary N) is 2. The topological polar surface area (TPSA) is 111 Å². The number of ether oxygens (including phenoxy) is 4. The highest BCUT2D eigenvalue weighted by molar-refractivity contribution is 9.10. The molecule has 5 aromatic carbocycles. The monoisotopic (exact) mass is 749 g/mol. The molecule has 1 aliphatic rings. The minimum Gasteiger partial charge on any atom is -0.494 e. The zero-order valence-electron chi connectivity index (χ0n) is 28.5. The third-order valence-corrected chi connectivity index (χ3v) is 9.51. The summed E-state index contributed by atoms with van der Waals surface area (Å²) >= 11 is 3.70. The third-order valence-electron chi connectivity index (χ3n) is 8.73. The number of para-hydroxylation sites is 1. The molecule has 0 fully saturated rings. The molecule has 2 atom stereocenters. The Hall–Kier alpha value is -5.16. The Kier molecular flexibility index (Phi) is 11.7. The van der Waals surface area contributed by atoms with Crippen molar-refractivity contribution < 1.29 is 28.8 Å². The van der Waals surface area contributed by atoms with E-state index in [-0.39, 0.29) is 25.5 Å². The average molecular weight is 751 g/mol. The number of carbonyl (C=O) groups is 1. The molecular weight excluding hydrogens is 710 g/mol. The molecule has 0 aromatic heterocycles. The molecule has 51 heavy (non-hydrogen) atoms. The van der Waals surface area contributed by atoms with E-state index in [2.05, 4.69) is 38.9 Å². The number of hydrazine groups is 1. The molecule has 5 aromatic rings. The van der Waals surface area contributed by atoms with Crippen LogP contribution in [0.2, 0.25) is 0 Å². The number of nitrogens with zero attached hydrogens (tertiary/aromatic N) is 1. The van der Waals surface area contributed by atoms with E-state index < -0.39 is 11.6 Å². The molecule has 6 rings (SSSR count). The van der Waals surface area contributed by atoms with Gasteiger partial charge < -0.3 is 24.1 Å². The maximum atomic E-state index is 14.7. The van der Waals surface area contributed by atoms with Crippen molar-refractivity contribution in [2.75, 3.05) is 27.4 Å². The highest BCUT2D eigenvalue weighted by atomic mass is 79.9. The zero-order chi connectivity index (χ0) is 35.6. The maximum Gasteiger partial charge on any atom is 0.266 e. The number of methoxy groups -OCH3 is 2. The Morgan fingerprint density at radius 2 is 1.51 bits per heavy atom. The van der Waals surface area contributed by atoms with Gasteiger partial charge in [-0.15, -0.1) is 0 Å². The molecule has 1 amide bonds. The molecule has 9 nitrogen and oxygen atoms in total. The molecule has 0 unspecified atom stereocenters. The highest BCUT2D eigenvalue weighted by Gasteiger charge is 2.53. The predicted octanol–water partition coefficient (Wildman–Crippen LogP) is 7.22. The van der Waals surface area contributed by atoms with E-state index in [1.165, 1.54) is 0 Å². The fourth-order valence-corrected chi connectivity index (χ4v) is 6.54. The van der Waals surface area contributed by atoms with Gasteiger partial charge in [0, 0.05) is 41.6 Å². The lowest BCUT2D eigenvalue weighted by molar-refractivity contribution is -0.130. The number of carbonyl (C=O) groups excluding carboxylic acids is 1. The van der Waals surface area contributed by atoms with Crippen molar-refractivity contribution in [1.82, 2.24) is 10.9 Å². The van der Waals surface area contributed by atoms with Gasteiger partial charge in [0.25, 0.3) is 5.91 Å². The van der Waals surface area contributed by atoms with Crippen molar-refractivity contribution in [3.05, 3.63) is 148 Å². The van der Waals surface area contributed by atoms with Crippen LogP contribution < -0.4 is 25.1 Å². The minimum atomic E-state index is -1.42. The number of hydrogen-bond donors (Lipinski definition) is 3. The second-order valence-corrected chi connectivity index (χ2v) is 12.9. The van der Waals surface area contributed by atoms with Crippen molar-refractivity contribution >= 4 is 27.7 Å². The summed E-state index contributed by atoms with van der Waals surface area (Å²) in [6, 6.07) is 39.0. The summed E-state index contributed by atoms with van der Waals surface area (Å²) in [5.74, 6) is 1.81. The van der Waals surface area contributed by atoms with Crippen LogP contribution >= 0.6 is 15.9 Å². The molecule has 0 saturated carbocycles. The van der Waals surface area contributed by atoms with Crippen LogP contribution in [-0.2, 0) is 22.5 Å². The Labute approximate surface area is 306 Å². The van der Waals surface area contributed by atoms with Crippen LogP contribution in [0.5, 0.6) is 17.2 Å². The van der Waals surface area contributed by atoms with Gasteiger partial charge >= 0.3 is 0 Å². The first-order valence-corrected chi connectivity index (χ1v) is 17.5. The molecular formula is C41H40BrN3O6. The molecule has 1 aliphatic heterocycles. The molecule has 0 radical (unpaired) electrons. The molecule has 0 aliphatic carbocycles. The summed E-state index contributed by atoms with van der Waals surface area (Å²) in [7, 11) is 3.17. The van der Waals surface area contributed by atoms with Crippen LogP contribution in [0.4, 0.5) is 0 Å². The largest absolute Gasteiger partial charge is 0.494 e. The van der Waals surface area contributed by atoms with Gasteiger partial charge in [-0.1, -0.05) is 101 Å².